The van der Waals surface area contributed by atoms with Crippen molar-refractivity contribution in [2.45, 2.75) is 22.3 Å². The molecule has 1 aromatic carbocycles. The lowest BCUT2D eigenvalue weighted by molar-refractivity contribution is 0.214. The third-order valence-electron chi connectivity index (χ3n) is 3.92. The monoisotopic (exact) mass is 382 g/mol. The van der Waals surface area contributed by atoms with Crippen molar-refractivity contribution in [1.82, 2.24) is 9.29 Å². The van der Waals surface area contributed by atoms with Gasteiger partial charge in [-0.15, -0.1) is 0 Å². The molecule has 1 aromatic heterocycles. The van der Waals surface area contributed by atoms with Crippen molar-refractivity contribution in [3.63, 3.8) is 0 Å². The van der Waals surface area contributed by atoms with Crippen molar-refractivity contribution in [3.8, 4) is 5.75 Å². The number of hydrogen-bond acceptors (Lipinski definition) is 6. The lowest BCUT2D eigenvalue weighted by Crippen LogP contribution is -2.31. The predicted octanol–water partition coefficient (Wildman–Crippen LogP) is 1.33. The molecular weight excluding hydrogens is 364 g/mol. The Morgan fingerprint density at radius 3 is 2.56 bits per heavy atom. The molecule has 2 aromatic rings. The van der Waals surface area contributed by atoms with Gasteiger partial charge in [-0.3, -0.25) is 4.98 Å². The van der Waals surface area contributed by atoms with Gasteiger partial charge in [-0.1, -0.05) is 6.07 Å². The van der Waals surface area contributed by atoms with Gasteiger partial charge in [0.05, 0.1) is 22.5 Å². The molecule has 1 aliphatic heterocycles. The van der Waals surface area contributed by atoms with E-state index < -0.39 is 19.9 Å². The van der Waals surface area contributed by atoms with Crippen LogP contribution in [0.2, 0.25) is 0 Å². The van der Waals surface area contributed by atoms with Crippen molar-refractivity contribution in [3.05, 3.63) is 48.8 Å². The molecule has 0 aliphatic carbocycles. The van der Waals surface area contributed by atoms with Crippen LogP contribution in [0.4, 0.5) is 0 Å². The molecule has 2 heterocycles. The fraction of sp³-hybridized carbons (Fsp3) is 0.312. The summed E-state index contributed by atoms with van der Waals surface area (Å²) in [5.74, 6) is 0.589. The van der Waals surface area contributed by atoms with Crippen molar-refractivity contribution < 1.29 is 21.6 Å². The van der Waals surface area contributed by atoms with Crippen LogP contribution in [0.15, 0.2) is 58.6 Å². The van der Waals surface area contributed by atoms with Crippen LogP contribution in [0.25, 0.3) is 0 Å². The van der Waals surface area contributed by atoms with E-state index in [1.54, 1.807) is 24.5 Å². The fourth-order valence-electron chi connectivity index (χ4n) is 2.64. The second kappa shape index (κ2) is 6.74. The molecule has 1 saturated heterocycles. The van der Waals surface area contributed by atoms with Crippen molar-refractivity contribution in [1.29, 1.82) is 0 Å². The van der Waals surface area contributed by atoms with Crippen molar-refractivity contribution in [2.75, 3.05) is 19.3 Å². The molecule has 1 atom stereocenters. The number of ether oxygens (including phenoxy) is 1. The maximum atomic E-state index is 12.8. The topological polar surface area (TPSA) is 93.6 Å². The molecule has 0 amide bonds. The number of benzene rings is 1. The molecule has 0 radical (unpaired) electrons. The van der Waals surface area contributed by atoms with Gasteiger partial charge in [-0.05, 0) is 36.8 Å². The van der Waals surface area contributed by atoms with E-state index in [0.29, 0.717) is 18.7 Å². The highest BCUT2D eigenvalue weighted by atomic mass is 32.2. The number of sulfone groups is 1. The lowest BCUT2D eigenvalue weighted by atomic mass is 10.3. The van der Waals surface area contributed by atoms with Gasteiger partial charge >= 0.3 is 0 Å². The highest BCUT2D eigenvalue weighted by Gasteiger charge is 2.34. The van der Waals surface area contributed by atoms with E-state index in [0.717, 1.165) is 6.26 Å². The quantitative estimate of drug-likeness (QED) is 0.774. The zero-order valence-electron chi connectivity index (χ0n) is 13.6. The molecule has 0 unspecified atom stereocenters. The van der Waals surface area contributed by atoms with Crippen LogP contribution in [0.1, 0.15) is 6.42 Å². The molecule has 0 bridgehead atoms. The van der Waals surface area contributed by atoms with Crippen LogP contribution >= 0.6 is 0 Å². The lowest BCUT2D eigenvalue weighted by Gasteiger charge is -2.17. The van der Waals surface area contributed by atoms with E-state index in [1.807, 2.05) is 0 Å². The number of nitrogens with zero attached hydrogens (tertiary/aromatic N) is 2. The molecular formula is C16H18N2O5S2. The van der Waals surface area contributed by atoms with Gasteiger partial charge in [0.25, 0.3) is 0 Å². The average molecular weight is 382 g/mol. The van der Waals surface area contributed by atoms with Gasteiger partial charge in [0.2, 0.25) is 10.0 Å². The van der Waals surface area contributed by atoms with Crippen LogP contribution < -0.4 is 4.74 Å². The minimum atomic E-state index is -3.77. The number of hydrogen-bond donors (Lipinski definition) is 0. The normalized spacial score (nSPS) is 19.0. The summed E-state index contributed by atoms with van der Waals surface area (Å²) in [6.07, 6.45) is 4.54. The number of pyridine rings is 1. The summed E-state index contributed by atoms with van der Waals surface area (Å²) in [5.41, 5.74) is 0. The first-order valence-corrected chi connectivity index (χ1v) is 11.0. The first-order valence-electron chi connectivity index (χ1n) is 7.64. The molecule has 0 saturated carbocycles. The summed E-state index contributed by atoms with van der Waals surface area (Å²) in [4.78, 5) is 3.91. The Morgan fingerprint density at radius 2 is 1.88 bits per heavy atom. The molecule has 1 aliphatic rings. The van der Waals surface area contributed by atoms with Gasteiger partial charge in [0, 0.05) is 19.0 Å². The Hall–Kier alpha value is -1.97. The number of rotatable bonds is 5. The maximum Gasteiger partial charge on any atom is 0.243 e. The molecule has 1 fully saturated rings. The zero-order chi connectivity index (χ0) is 18.1. The zero-order valence-corrected chi connectivity index (χ0v) is 15.2. The Balaban J connectivity index is 1.78. The second-order valence-corrected chi connectivity index (χ2v) is 9.78. The minimum Gasteiger partial charge on any atom is -0.487 e. The molecule has 9 heteroatoms. The molecule has 25 heavy (non-hydrogen) atoms. The summed E-state index contributed by atoms with van der Waals surface area (Å²) in [7, 11) is -7.25. The van der Waals surface area contributed by atoms with Gasteiger partial charge in [0.1, 0.15) is 11.9 Å². The summed E-state index contributed by atoms with van der Waals surface area (Å²) in [6.45, 7) is 0.524. The number of aromatic nitrogens is 1. The molecule has 134 valence electrons. The maximum absolute atomic E-state index is 12.8. The predicted molar refractivity (Wildman–Crippen MR) is 91.6 cm³/mol. The fourth-order valence-corrected chi connectivity index (χ4v) is 4.91. The molecule has 7 nitrogen and oxygen atoms in total. The highest BCUT2D eigenvalue weighted by molar-refractivity contribution is 7.91. The average Bonchev–Trinajstić information content (AvgIpc) is 3.04. The van der Waals surface area contributed by atoms with Gasteiger partial charge in [0.15, 0.2) is 9.84 Å². The van der Waals surface area contributed by atoms with Gasteiger partial charge in [-0.25, -0.2) is 16.8 Å². The Morgan fingerprint density at radius 1 is 1.12 bits per heavy atom. The number of sulfonamides is 1. The molecule has 0 spiro atoms. The van der Waals surface area contributed by atoms with Crippen molar-refractivity contribution in [2.24, 2.45) is 0 Å². The highest BCUT2D eigenvalue weighted by Crippen LogP contribution is 2.25. The van der Waals surface area contributed by atoms with Crippen molar-refractivity contribution >= 4 is 19.9 Å². The van der Waals surface area contributed by atoms with E-state index in [-0.39, 0.29) is 22.4 Å². The standard InChI is InChI=1S/C16H18N2O5S2/c1-24(19,20)15-5-2-6-16(10-15)25(21,22)18-9-7-14(12-18)23-13-4-3-8-17-11-13/h2-6,8,10-11,14H,7,9,12H2,1H3/t14-/m0/s1. The summed E-state index contributed by atoms with van der Waals surface area (Å²) in [6, 6.07) is 8.92. The van der Waals surface area contributed by atoms with Crippen LogP contribution in [0.3, 0.4) is 0 Å². The SMILES string of the molecule is CS(=O)(=O)c1cccc(S(=O)(=O)N2CC[C@H](Oc3cccnc3)C2)c1. The summed E-state index contributed by atoms with van der Waals surface area (Å²) < 4.78 is 55.9. The summed E-state index contributed by atoms with van der Waals surface area (Å²) in [5, 5.41) is 0. The third-order valence-corrected chi connectivity index (χ3v) is 6.89. The van der Waals surface area contributed by atoms with Crippen LogP contribution in [-0.2, 0) is 19.9 Å². The van der Waals surface area contributed by atoms with E-state index >= 15 is 0 Å². The summed E-state index contributed by atoms with van der Waals surface area (Å²) >= 11 is 0. The Kier molecular flexibility index (Phi) is 4.81. The van der Waals surface area contributed by atoms with E-state index in [2.05, 4.69) is 4.98 Å². The van der Waals surface area contributed by atoms with Gasteiger partial charge < -0.3 is 4.74 Å². The second-order valence-electron chi connectivity index (χ2n) is 5.83. The smallest absolute Gasteiger partial charge is 0.243 e. The van der Waals surface area contributed by atoms with E-state index in [9.17, 15) is 16.8 Å². The minimum absolute atomic E-state index is 0.0177. The first-order chi connectivity index (χ1) is 11.8. The Bertz CT molecular complexity index is 959. The van der Waals surface area contributed by atoms with Gasteiger partial charge in [-0.2, -0.15) is 4.31 Å². The Labute approximate surface area is 147 Å². The van der Waals surface area contributed by atoms with Crippen LogP contribution in [0, 0.1) is 0 Å². The first kappa shape index (κ1) is 17.8. The van der Waals surface area contributed by atoms with Crippen LogP contribution in [0.5, 0.6) is 5.75 Å². The third kappa shape index (κ3) is 4.00. The van der Waals surface area contributed by atoms with Crippen LogP contribution in [-0.4, -0.2) is 51.6 Å². The molecule has 0 N–H and O–H groups in total. The molecule has 3 rings (SSSR count). The van der Waals surface area contributed by atoms with E-state index in [1.165, 1.54) is 28.6 Å². The largest absolute Gasteiger partial charge is 0.487 e. The van der Waals surface area contributed by atoms with E-state index in [4.69, 9.17) is 4.74 Å².